The van der Waals surface area contributed by atoms with Crippen molar-refractivity contribution >= 4 is 54.3 Å². The van der Waals surface area contributed by atoms with Crippen LogP contribution in [0, 0.1) is 6.92 Å². The summed E-state index contributed by atoms with van der Waals surface area (Å²) in [7, 11) is 0. The summed E-state index contributed by atoms with van der Waals surface area (Å²) < 4.78 is 6.28. The third-order valence-corrected chi connectivity index (χ3v) is 10.3. The van der Waals surface area contributed by atoms with Gasteiger partial charge >= 0.3 is 0 Å². The molecule has 0 aliphatic carbocycles. The Morgan fingerprint density at radius 2 is 0.700 bits per heavy atom. The molecule has 0 spiro atoms. The second-order valence-corrected chi connectivity index (χ2v) is 13.4. The van der Waals surface area contributed by atoms with E-state index in [4.69, 9.17) is 4.42 Å². The zero-order valence-electron chi connectivity index (χ0n) is 27.7. The maximum absolute atomic E-state index is 6.28. The molecule has 0 atom stereocenters. The number of fused-ring (bicyclic) bond motifs is 6. The zero-order chi connectivity index (χ0) is 33.2. The molecule has 10 aromatic rings. The van der Waals surface area contributed by atoms with E-state index in [1.54, 1.807) is 0 Å². The first kappa shape index (κ1) is 28.6. The van der Waals surface area contributed by atoms with Crippen molar-refractivity contribution in [3.8, 4) is 44.5 Å². The van der Waals surface area contributed by atoms with Crippen molar-refractivity contribution in [2.45, 2.75) is 6.92 Å². The van der Waals surface area contributed by atoms with Crippen LogP contribution in [-0.2, 0) is 0 Å². The lowest BCUT2D eigenvalue weighted by Crippen LogP contribution is -1.91. The summed E-state index contributed by atoms with van der Waals surface area (Å²) in [5, 5.41) is 9.76. The third kappa shape index (κ3) is 4.63. The quantitative estimate of drug-likeness (QED) is 0.175. The van der Waals surface area contributed by atoms with Crippen LogP contribution < -0.4 is 0 Å². The Hall–Kier alpha value is -6.44. The van der Waals surface area contributed by atoms with Gasteiger partial charge in [-0.1, -0.05) is 157 Å². The molecular formula is C49H32O. The highest BCUT2D eigenvalue weighted by molar-refractivity contribution is 6.21. The van der Waals surface area contributed by atoms with E-state index in [1.807, 2.05) is 0 Å². The number of rotatable bonds is 4. The molecule has 1 aromatic heterocycles. The monoisotopic (exact) mass is 636 g/mol. The van der Waals surface area contributed by atoms with Gasteiger partial charge in [-0.05, 0) is 108 Å². The van der Waals surface area contributed by atoms with Crippen LogP contribution in [0.25, 0.3) is 98.8 Å². The smallest absolute Gasteiger partial charge is 0.136 e. The standard InChI is InChI=1S/C49H32O/c1-31-14-16-32(17-15-31)33-18-22-35(23-19-33)48-40-10-4-6-12-42(40)49(43-13-7-5-11-41(43)48)36-24-20-34(21-25-36)39-26-27-46-44(29-39)45-28-37-8-2-3-9-38(37)30-47(45)50-46/h2-30H,1H3. The summed E-state index contributed by atoms with van der Waals surface area (Å²) in [5.41, 5.74) is 12.9. The van der Waals surface area contributed by atoms with Crippen molar-refractivity contribution in [3.05, 3.63) is 181 Å². The molecule has 0 N–H and O–H groups in total. The van der Waals surface area contributed by atoms with Crippen molar-refractivity contribution in [2.24, 2.45) is 0 Å². The van der Waals surface area contributed by atoms with Crippen molar-refractivity contribution in [2.75, 3.05) is 0 Å². The highest BCUT2D eigenvalue weighted by atomic mass is 16.3. The second kappa shape index (κ2) is 11.3. The predicted molar refractivity (Wildman–Crippen MR) is 213 cm³/mol. The van der Waals surface area contributed by atoms with Crippen molar-refractivity contribution in [1.82, 2.24) is 0 Å². The molecule has 0 bridgehead atoms. The summed E-state index contributed by atoms with van der Waals surface area (Å²) in [6.45, 7) is 2.13. The first-order chi connectivity index (χ1) is 24.7. The molecule has 234 valence electrons. The minimum absolute atomic E-state index is 0.915. The van der Waals surface area contributed by atoms with Crippen molar-refractivity contribution in [1.29, 1.82) is 0 Å². The molecule has 0 saturated heterocycles. The van der Waals surface area contributed by atoms with Crippen LogP contribution in [0.15, 0.2) is 180 Å². The molecule has 1 heterocycles. The predicted octanol–water partition coefficient (Wildman–Crippen LogP) is 14.0. The van der Waals surface area contributed by atoms with Crippen LogP contribution in [0.3, 0.4) is 0 Å². The van der Waals surface area contributed by atoms with Gasteiger partial charge in [0.1, 0.15) is 11.2 Å². The number of furan rings is 1. The molecule has 0 saturated carbocycles. The van der Waals surface area contributed by atoms with Crippen molar-refractivity contribution < 1.29 is 4.42 Å². The molecule has 0 aliphatic heterocycles. The lowest BCUT2D eigenvalue weighted by atomic mass is 9.85. The average Bonchev–Trinajstić information content (AvgIpc) is 3.53. The van der Waals surface area contributed by atoms with E-state index in [-0.39, 0.29) is 0 Å². The lowest BCUT2D eigenvalue weighted by molar-refractivity contribution is 0.669. The molecule has 0 unspecified atom stereocenters. The van der Waals surface area contributed by atoms with Crippen LogP contribution in [0.4, 0.5) is 0 Å². The van der Waals surface area contributed by atoms with Crippen LogP contribution in [0.2, 0.25) is 0 Å². The van der Waals surface area contributed by atoms with Crippen LogP contribution in [0.1, 0.15) is 5.56 Å². The lowest BCUT2D eigenvalue weighted by Gasteiger charge is -2.18. The van der Waals surface area contributed by atoms with E-state index >= 15 is 0 Å². The third-order valence-electron chi connectivity index (χ3n) is 10.3. The number of aryl methyl sites for hydroxylation is 1. The van der Waals surface area contributed by atoms with Gasteiger partial charge < -0.3 is 4.42 Å². The first-order valence-electron chi connectivity index (χ1n) is 17.2. The summed E-state index contributed by atoms with van der Waals surface area (Å²) in [5.74, 6) is 0. The van der Waals surface area contributed by atoms with Crippen LogP contribution >= 0.6 is 0 Å². The van der Waals surface area contributed by atoms with Gasteiger partial charge in [-0.25, -0.2) is 0 Å². The molecule has 1 heteroatoms. The van der Waals surface area contributed by atoms with E-state index in [2.05, 4.69) is 183 Å². The molecule has 10 rings (SSSR count). The summed E-state index contributed by atoms with van der Waals surface area (Å²) in [6, 6.07) is 64.1. The Balaban J connectivity index is 1.08. The van der Waals surface area contributed by atoms with Gasteiger partial charge in [-0.3, -0.25) is 0 Å². The molecule has 0 amide bonds. The number of hydrogen-bond acceptors (Lipinski definition) is 1. The van der Waals surface area contributed by atoms with Gasteiger partial charge in [-0.2, -0.15) is 0 Å². The molecule has 1 nitrogen and oxygen atoms in total. The average molecular weight is 637 g/mol. The van der Waals surface area contributed by atoms with Crippen LogP contribution in [0.5, 0.6) is 0 Å². The first-order valence-corrected chi connectivity index (χ1v) is 17.2. The molecule has 9 aromatic carbocycles. The fraction of sp³-hybridized carbons (Fsp3) is 0.0204. The minimum atomic E-state index is 0.915. The maximum atomic E-state index is 6.28. The van der Waals surface area contributed by atoms with Crippen molar-refractivity contribution in [3.63, 3.8) is 0 Å². The van der Waals surface area contributed by atoms with Crippen LogP contribution in [-0.4, -0.2) is 0 Å². The van der Waals surface area contributed by atoms with E-state index in [1.165, 1.54) is 82.4 Å². The maximum Gasteiger partial charge on any atom is 0.136 e. The van der Waals surface area contributed by atoms with E-state index in [0.29, 0.717) is 0 Å². The van der Waals surface area contributed by atoms with E-state index in [9.17, 15) is 0 Å². The summed E-state index contributed by atoms with van der Waals surface area (Å²) in [6.07, 6.45) is 0. The number of benzene rings is 9. The highest BCUT2D eigenvalue weighted by Gasteiger charge is 2.17. The van der Waals surface area contributed by atoms with Gasteiger partial charge in [0.2, 0.25) is 0 Å². The molecule has 0 radical (unpaired) electrons. The van der Waals surface area contributed by atoms with Gasteiger partial charge in [0, 0.05) is 10.8 Å². The molecular weight excluding hydrogens is 605 g/mol. The zero-order valence-corrected chi connectivity index (χ0v) is 27.7. The Morgan fingerprint density at radius 1 is 0.300 bits per heavy atom. The molecule has 50 heavy (non-hydrogen) atoms. The minimum Gasteiger partial charge on any atom is -0.456 e. The molecule has 0 fully saturated rings. The largest absolute Gasteiger partial charge is 0.456 e. The second-order valence-electron chi connectivity index (χ2n) is 13.4. The molecule has 0 aliphatic rings. The summed E-state index contributed by atoms with van der Waals surface area (Å²) >= 11 is 0. The van der Waals surface area contributed by atoms with Gasteiger partial charge in [-0.15, -0.1) is 0 Å². The van der Waals surface area contributed by atoms with Gasteiger partial charge in [0.15, 0.2) is 0 Å². The topological polar surface area (TPSA) is 13.1 Å². The van der Waals surface area contributed by atoms with E-state index < -0.39 is 0 Å². The Bertz CT molecular complexity index is 2830. The Kier molecular flexibility index (Phi) is 6.47. The highest BCUT2D eigenvalue weighted by Crippen LogP contribution is 2.44. The normalized spacial score (nSPS) is 11.7. The fourth-order valence-corrected chi connectivity index (χ4v) is 7.80. The summed E-state index contributed by atoms with van der Waals surface area (Å²) in [4.78, 5) is 0. The van der Waals surface area contributed by atoms with Gasteiger partial charge in [0.25, 0.3) is 0 Å². The Labute approximate surface area is 290 Å². The van der Waals surface area contributed by atoms with E-state index in [0.717, 1.165) is 21.9 Å². The Morgan fingerprint density at radius 3 is 1.24 bits per heavy atom. The number of hydrogen-bond donors (Lipinski definition) is 0. The van der Waals surface area contributed by atoms with Gasteiger partial charge in [0.05, 0.1) is 0 Å². The fourth-order valence-electron chi connectivity index (χ4n) is 7.80. The SMILES string of the molecule is Cc1ccc(-c2ccc(-c3c4ccccc4c(-c4ccc(-c5ccc6oc7cc8ccccc8cc7c6c5)cc4)c4ccccc34)cc2)cc1.